The van der Waals surface area contributed by atoms with Crippen molar-refractivity contribution in [3.05, 3.63) is 11.1 Å². The molecule has 0 aromatic carbocycles. The van der Waals surface area contributed by atoms with E-state index < -0.39 is 0 Å². The van der Waals surface area contributed by atoms with Gasteiger partial charge >= 0.3 is 0 Å². The zero-order valence-corrected chi connectivity index (χ0v) is 12.9. The van der Waals surface area contributed by atoms with Gasteiger partial charge in [-0.05, 0) is 20.3 Å². The lowest BCUT2D eigenvalue weighted by atomic mass is 10.0. The number of aromatic nitrogens is 1. The van der Waals surface area contributed by atoms with Crippen LogP contribution in [0, 0.1) is 0 Å². The van der Waals surface area contributed by atoms with Gasteiger partial charge in [0.15, 0.2) is 5.13 Å². The molecule has 5 heteroatoms. The van der Waals surface area contributed by atoms with E-state index in [-0.39, 0.29) is 5.54 Å². The number of methoxy groups -OCH3 is 1. The van der Waals surface area contributed by atoms with Crippen molar-refractivity contribution >= 4 is 16.5 Å². The fourth-order valence-corrected chi connectivity index (χ4v) is 2.42. The van der Waals surface area contributed by atoms with Crippen molar-refractivity contribution in [1.82, 2.24) is 10.3 Å². The monoisotopic (exact) mass is 271 g/mol. The molecule has 0 amide bonds. The van der Waals surface area contributed by atoms with Crippen molar-refractivity contribution in [2.45, 2.75) is 39.3 Å². The molecule has 1 aromatic heterocycles. The van der Waals surface area contributed by atoms with Crippen LogP contribution in [-0.4, -0.2) is 37.8 Å². The van der Waals surface area contributed by atoms with Crippen LogP contribution < -0.4 is 10.2 Å². The highest BCUT2D eigenvalue weighted by molar-refractivity contribution is 7.15. The smallest absolute Gasteiger partial charge is 0.185 e. The van der Waals surface area contributed by atoms with E-state index in [0.717, 1.165) is 31.2 Å². The summed E-state index contributed by atoms with van der Waals surface area (Å²) in [5.41, 5.74) is 0.151. The van der Waals surface area contributed by atoms with Gasteiger partial charge in [0, 0.05) is 43.9 Å². The van der Waals surface area contributed by atoms with Gasteiger partial charge < -0.3 is 15.0 Å². The Kier molecular flexibility index (Phi) is 6.05. The van der Waals surface area contributed by atoms with Crippen LogP contribution in [0.3, 0.4) is 0 Å². The molecule has 4 nitrogen and oxygen atoms in total. The number of hydrogen-bond acceptors (Lipinski definition) is 5. The maximum atomic E-state index is 5.00. The van der Waals surface area contributed by atoms with E-state index in [2.05, 4.69) is 43.0 Å². The van der Waals surface area contributed by atoms with Gasteiger partial charge in [-0.15, -0.1) is 11.3 Å². The molecule has 1 heterocycles. The average molecular weight is 271 g/mol. The summed E-state index contributed by atoms with van der Waals surface area (Å²) in [5.74, 6) is 0. The Morgan fingerprint density at radius 3 is 2.83 bits per heavy atom. The number of nitrogens with zero attached hydrogens (tertiary/aromatic N) is 2. The molecule has 1 aromatic rings. The molecule has 0 radical (unpaired) electrons. The fourth-order valence-electron chi connectivity index (χ4n) is 1.42. The molecule has 104 valence electrons. The number of thiazole rings is 1. The van der Waals surface area contributed by atoms with Crippen molar-refractivity contribution < 1.29 is 4.74 Å². The van der Waals surface area contributed by atoms with E-state index >= 15 is 0 Å². The predicted molar refractivity (Wildman–Crippen MR) is 78.5 cm³/mol. The van der Waals surface area contributed by atoms with Crippen LogP contribution in [0.25, 0.3) is 0 Å². The molecule has 0 spiro atoms. The SMILES string of the molecule is CCC(C)(C)N(C)c1ncc(CNCCOC)s1. The summed E-state index contributed by atoms with van der Waals surface area (Å²) in [6, 6.07) is 0. The lowest BCUT2D eigenvalue weighted by molar-refractivity contribution is 0.199. The zero-order valence-electron chi connectivity index (χ0n) is 12.1. The summed E-state index contributed by atoms with van der Waals surface area (Å²) in [5, 5.41) is 4.42. The first-order chi connectivity index (χ1) is 8.51. The van der Waals surface area contributed by atoms with E-state index in [0.29, 0.717) is 0 Å². The molecular weight excluding hydrogens is 246 g/mol. The molecule has 0 saturated heterocycles. The number of rotatable bonds is 8. The Bertz CT molecular complexity index is 352. The second kappa shape index (κ2) is 7.07. The van der Waals surface area contributed by atoms with Crippen LogP contribution in [-0.2, 0) is 11.3 Å². The summed E-state index contributed by atoms with van der Waals surface area (Å²) in [4.78, 5) is 8.03. The van der Waals surface area contributed by atoms with E-state index in [1.165, 1.54) is 4.88 Å². The third-order valence-corrected chi connectivity index (χ3v) is 4.46. The minimum atomic E-state index is 0.151. The molecule has 1 N–H and O–H groups in total. The summed E-state index contributed by atoms with van der Waals surface area (Å²) in [6.45, 7) is 9.17. The molecule has 0 fully saturated rings. The molecule has 0 atom stereocenters. The second-order valence-electron chi connectivity index (χ2n) is 5.00. The van der Waals surface area contributed by atoms with Crippen molar-refractivity contribution in [3.63, 3.8) is 0 Å². The summed E-state index contributed by atoms with van der Waals surface area (Å²) in [7, 11) is 3.83. The van der Waals surface area contributed by atoms with Gasteiger partial charge in [-0.2, -0.15) is 0 Å². The lowest BCUT2D eigenvalue weighted by Gasteiger charge is -2.34. The van der Waals surface area contributed by atoms with E-state index in [9.17, 15) is 0 Å². The van der Waals surface area contributed by atoms with E-state index in [1.54, 1.807) is 18.4 Å². The minimum absolute atomic E-state index is 0.151. The van der Waals surface area contributed by atoms with Crippen LogP contribution >= 0.6 is 11.3 Å². The molecule has 0 aliphatic heterocycles. The quantitative estimate of drug-likeness (QED) is 0.737. The molecule has 18 heavy (non-hydrogen) atoms. The Balaban J connectivity index is 2.52. The van der Waals surface area contributed by atoms with Crippen LogP contribution in [0.4, 0.5) is 5.13 Å². The van der Waals surface area contributed by atoms with Crippen molar-refractivity contribution in [2.75, 3.05) is 32.2 Å². The Morgan fingerprint density at radius 2 is 2.22 bits per heavy atom. The first-order valence-corrected chi connectivity index (χ1v) is 7.21. The van der Waals surface area contributed by atoms with E-state index in [1.807, 2.05) is 6.20 Å². The van der Waals surface area contributed by atoms with Crippen molar-refractivity contribution in [3.8, 4) is 0 Å². The van der Waals surface area contributed by atoms with Gasteiger partial charge in [-0.25, -0.2) is 4.98 Å². The number of nitrogens with one attached hydrogen (secondary N) is 1. The molecule has 1 rings (SSSR count). The van der Waals surface area contributed by atoms with Gasteiger partial charge in [0.1, 0.15) is 0 Å². The third-order valence-electron chi connectivity index (χ3n) is 3.38. The van der Waals surface area contributed by atoms with E-state index in [4.69, 9.17) is 4.74 Å². The average Bonchev–Trinajstić information content (AvgIpc) is 2.82. The van der Waals surface area contributed by atoms with Gasteiger partial charge in [0.05, 0.1) is 6.61 Å². The molecule has 0 bridgehead atoms. The largest absolute Gasteiger partial charge is 0.383 e. The molecule has 0 saturated carbocycles. The lowest BCUT2D eigenvalue weighted by Crippen LogP contribution is -2.40. The third kappa shape index (κ3) is 4.23. The maximum absolute atomic E-state index is 5.00. The molecule has 0 aliphatic rings. The standard InChI is InChI=1S/C13H25N3OS/c1-6-13(2,3)16(4)12-15-10-11(18-12)9-14-7-8-17-5/h10,14H,6-9H2,1-5H3. The second-order valence-corrected chi connectivity index (χ2v) is 6.10. The van der Waals surface area contributed by atoms with Crippen LogP contribution in [0.2, 0.25) is 0 Å². The molecule has 0 aliphatic carbocycles. The normalized spacial score (nSPS) is 11.8. The Morgan fingerprint density at radius 1 is 1.50 bits per heavy atom. The van der Waals surface area contributed by atoms with Crippen molar-refractivity contribution in [2.24, 2.45) is 0 Å². The van der Waals surface area contributed by atoms with Crippen LogP contribution in [0.15, 0.2) is 6.20 Å². The minimum Gasteiger partial charge on any atom is -0.383 e. The van der Waals surface area contributed by atoms with Gasteiger partial charge in [-0.1, -0.05) is 6.92 Å². The summed E-state index contributed by atoms with van der Waals surface area (Å²) in [6.07, 6.45) is 3.06. The van der Waals surface area contributed by atoms with Gasteiger partial charge in [0.25, 0.3) is 0 Å². The zero-order chi connectivity index (χ0) is 13.6. The first kappa shape index (κ1) is 15.4. The van der Waals surface area contributed by atoms with Gasteiger partial charge in [0.2, 0.25) is 0 Å². The van der Waals surface area contributed by atoms with Crippen molar-refractivity contribution in [1.29, 1.82) is 0 Å². The number of anilines is 1. The highest BCUT2D eigenvalue weighted by Gasteiger charge is 2.23. The highest BCUT2D eigenvalue weighted by Crippen LogP contribution is 2.28. The molecular formula is C13H25N3OS. The predicted octanol–water partition coefficient (Wildman–Crippen LogP) is 2.50. The summed E-state index contributed by atoms with van der Waals surface area (Å²) >= 11 is 1.75. The van der Waals surface area contributed by atoms with Gasteiger partial charge in [-0.3, -0.25) is 0 Å². The topological polar surface area (TPSA) is 37.4 Å². The Labute approximate surface area is 114 Å². The highest BCUT2D eigenvalue weighted by atomic mass is 32.1. The van der Waals surface area contributed by atoms with Crippen LogP contribution in [0.1, 0.15) is 32.1 Å². The maximum Gasteiger partial charge on any atom is 0.185 e. The number of ether oxygens (including phenoxy) is 1. The van der Waals surface area contributed by atoms with Crippen LogP contribution in [0.5, 0.6) is 0 Å². The molecule has 0 unspecified atom stereocenters. The summed E-state index contributed by atoms with van der Waals surface area (Å²) < 4.78 is 5.00. The Hall–Kier alpha value is -0.650. The first-order valence-electron chi connectivity index (χ1n) is 6.39. The fraction of sp³-hybridized carbons (Fsp3) is 0.769. The number of hydrogen-bond donors (Lipinski definition) is 1.